The Labute approximate surface area is 204 Å². The van der Waals surface area contributed by atoms with Gasteiger partial charge in [-0.25, -0.2) is 4.98 Å². The summed E-state index contributed by atoms with van der Waals surface area (Å²) in [5.41, 5.74) is 1.28. The molecule has 0 unspecified atom stereocenters. The Balaban J connectivity index is 1.56. The Kier molecular flexibility index (Phi) is 12.8. The smallest absolute Gasteiger partial charge is 0.475 e. The topological polar surface area (TPSA) is 86.7 Å². The lowest BCUT2D eigenvalue weighted by atomic mass is 9.76. The molecule has 1 aromatic rings. The van der Waals surface area contributed by atoms with E-state index < -0.39 is 7.12 Å². The molecule has 0 atom stereocenters. The van der Waals surface area contributed by atoms with Crippen molar-refractivity contribution in [3.05, 3.63) is 17.8 Å². The molecule has 0 saturated carbocycles. The highest BCUT2D eigenvalue weighted by atomic mass is 16.7. The number of aromatic nitrogens is 1. The minimum Gasteiger partial charge on any atom is -0.475 e. The molecule has 1 fully saturated rings. The maximum atomic E-state index is 6.17. The van der Waals surface area contributed by atoms with Crippen LogP contribution in [0.15, 0.2) is 12.3 Å². The molecule has 1 aliphatic heterocycles. The fraction of sp³-hybridized carbons (Fsp3) is 0.792. The highest BCUT2D eigenvalue weighted by Gasteiger charge is 2.52. The molecule has 0 N–H and O–H groups in total. The lowest BCUT2D eigenvalue weighted by molar-refractivity contribution is -0.00987. The molecule has 1 saturated heterocycles. The first-order valence-corrected chi connectivity index (χ1v) is 12.1. The van der Waals surface area contributed by atoms with Gasteiger partial charge in [0.2, 0.25) is 5.88 Å². The predicted octanol–water partition coefficient (Wildman–Crippen LogP) is 2.03. The third kappa shape index (κ3) is 9.41. The molecule has 1 aromatic heterocycles. The van der Waals surface area contributed by atoms with Crippen molar-refractivity contribution < 1.29 is 37.7 Å². The fourth-order valence-corrected chi connectivity index (χ4v) is 3.16. The normalized spacial score (nSPS) is 16.8. The van der Waals surface area contributed by atoms with E-state index in [0.29, 0.717) is 71.9 Å². The molecular formula is C24H42BNO8. The number of pyridine rings is 1. The van der Waals surface area contributed by atoms with E-state index in [0.717, 1.165) is 17.4 Å². The molecule has 10 heteroatoms. The third-order valence-electron chi connectivity index (χ3n) is 5.91. The van der Waals surface area contributed by atoms with Gasteiger partial charge in [-0.2, -0.15) is 0 Å². The lowest BCUT2D eigenvalue weighted by Gasteiger charge is -2.32. The Morgan fingerprint density at radius 3 is 1.71 bits per heavy atom. The van der Waals surface area contributed by atoms with Crippen LogP contribution in [0.1, 0.15) is 40.2 Å². The van der Waals surface area contributed by atoms with Gasteiger partial charge < -0.3 is 37.7 Å². The van der Waals surface area contributed by atoms with Crippen LogP contribution in [0, 0.1) is 0 Å². The van der Waals surface area contributed by atoms with Gasteiger partial charge in [-0.15, -0.1) is 0 Å². The highest BCUT2D eigenvalue weighted by Crippen LogP contribution is 2.36. The van der Waals surface area contributed by atoms with Crippen LogP contribution < -0.4 is 10.2 Å². The van der Waals surface area contributed by atoms with Crippen LogP contribution in [0.4, 0.5) is 0 Å². The maximum absolute atomic E-state index is 6.17. The van der Waals surface area contributed by atoms with Gasteiger partial charge in [0.25, 0.3) is 0 Å². The summed E-state index contributed by atoms with van der Waals surface area (Å²) in [6.07, 6.45) is 2.62. The lowest BCUT2D eigenvalue weighted by Crippen LogP contribution is -2.41. The van der Waals surface area contributed by atoms with Crippen molar-refractivity contribution in [1.29, 1.82) is 0 Å². The molecule has 0 radical (unpaired) electrons. The van der Waals surface area contributed by atoms with Gasteiger partial charge in [-0.05, 0) is 39.7 Å². The standard InChI is InChI=1S/C24H42BNO8/c1-7-20-18-22(26-19-21(20)25-33-23(2,3)24(4,5)34-25)32-17-16-31-15-14-30-13-12-29-11-10-28-9-8-27-6/h18-19H,7-17H2,1-6H3. The van der Waals surface area contributed by atoms with Crippen LogP contribution >= 0.6 is 0 Å². The van der Waals surface area contributed by atoms with Crippen LogP contribution in [-0.4, -0.2) is 96.5 Å². The van der Waals surface area contributed by atoms with Crippen molar-refractivity contribution in [3.8, 4) is 5.88 Å². The number of nitrogens with zero attached hydrogens (tertiary/aromatic N) is 1. The van der Waals surface area contributed by atoms with E-state index in [-0.39, 0.29) is 11.2 Å². The van der Waals surface area contributed by atoms with E-state index in [1.807, 2.05) is 33.8 Å². The van der Waals surface area contributed by atoms with Crippen LogP contribution in [0.3, 0.4) is 0 Å². The Hall–Kier alpha value is -1.27. The average molecular weight is 483 g/mol. The highest BCUT2D eigenvalue weighted by molar-refractivity contribution is 6.62. The number of methoxy groups -OCH3 is 1. The van der Waals surface area contributed by atoms with Crippen molar-refractivity contribution in [2.75, 3.05) is 73.2 Å². The SMILES string of the molecule is CCc1cc(OCCOCCOCCOCCOCCOC)ncc1B1OC(C)(C)C(C)(C)O1. The van der Waals surface area contributed by atoms with Gasteiger partial charge in [0.05, 0.1) is 70.7 Å². The van der Waals surface area contributed by atoms with Gasteiger partial charge in [0, 0.05) is 24.8 Å². The molecular weight excluding hydrogens is 441 g/mol. The Morgan fingerprint density at radius 2 is 1.24 bits per heavy atom. The fourth-order valence-electron chi connectivity index (χ4n) is 3.16. The van der Waals surface area contributed by atoms with Crippen molar-refractivity contribution in [3.63, 3.8) is 0 Å². The first kappa shape index (κ1) is 29.0. The van der Waals surface area contributed by atoms with Crippen molar-refractivity contribution >= 4 is 12.6 Å². The number of rotatable bonds is 18. The Bertz CT molecular complexity index is 688. The van der Waals surface area contributed by atoms with E-state index in [4.69, 9.17) is 37.7 Å². The number of aryl methyl sites for hydroxylation is 1. The minimum absolute atomic E-state index is 0.384. The summed E-state index contributed by atoms with van der Waals surface area (Å²) in [5.74, 6) is 0.570. The summed E-state index contributed by atoms with van der Waals surface area (Å²) >= 11 is 0. The van der Waals surface area contributed by atoms with Crippen LogP contribution in [0.2, 0.25) is 0 Å². The van der Waals surface area contributed by atoms with Crippen molar-refractivity contribution in [2.24, 2.45) is 0 Å². The van der Waals surface area contributed by atoms with Gasteiger partial charge in [0.1, 0.15) is 6.61 Å². The summed E-state index contributed by atoms with van der Waals surface area (Å²) in [7, 11) is 1.22. The largest absolute Gasteiger partial charge is 0.496 e. The van der Waals surface area contributed by atoms with Crippen molar-refractivity contribution in [2.45, 2.75) is 52.2 Å². The van der Waals surface area contributed by atoms with E-state index >= 15 is 0 Å². The maximum Gasteiger partial charge on any atom is 0.496 e. The monoisotopic (exact) mass is 483 g/mol. The Morgan fingerprint density at radius 1 is 0.765 bits per heavy atom. The van der Waals surface area contributed by atoms with Gasteiger partial charge >= 0.3 is 7.12 Å². The molecule has 1 aliphatic rings. The molecule has 2 heterocycles. The van der Waals surface area contributed by atoms with Gasteiger partial charge in [0.15, 0.2) is 0 Å². The summed E-state index contributed by atoms with van der Waals surface area (Å²) in [6, 6.07) is 1.95. The van der Waals surface area contributed by atoms with E-state index in [2.05, 4.69) is 11.9 Å². The second-order valence-electron chi connectivity index (χ2n) is 8.95. The van der Waals surface area contributed by atoms with Crippen molar-refractivity contribution in [1.82, 2.24) is 4.98 Å². The van der Waals surface area contributed by atoms with Gasteiger partial charge in [-0.1, -0.05) is 6.92 Å². The van der Waals surface area contributed by atoms with E-state index in [9.17, 15) is 0 Å². The quantitative estimate of drug-likeness (QED) is 0.230. The summed E-state index contributed by atoms with van der Waals surface area (Å²) in [6.45, 7) is 15.5. The van der Waals surface area contributed by atoms with E-state index in [1.165, 1.54) is 0 Å². The molecule has 9 nitrogen and oxygen atoms in total. The number of hydrogen-bond donors (Lipinski definition) is 0. The van der Waals surface area contributed by atoms with Crippen LogP contribution in [-0.2, 0) is 39.4 Å². The zero-order valence-electron chi connectivity index (χ0n) is 21.7. The molecule has 194 valence electrons. The average Bonchev–Trinajstić information content (AvgIpc) is 3.02. The zero-order valence-corrected chi connectivity index (χ0v) is 21.7. The molecule has 0 aromatic carbocycles. The summed E-state index contributed by atoms with van der Waals surface area (Å²) < 4.78 is 44.7. The van der Waals surface area contributed by atoms with Crippen LogP contribution in [0.5, 0.6) is 5.88 Å². The second-order valence-corrected chi connectivity index (χ2v) is 8.95. The predicted molar refractivity (Wildman–Crippen MR) is 130 cm³/mol. The van der Waals surface area contributed by atoms with Crippen LogP contribution in [0.25, 0.3) is 0 Å². The van der Waals surface area contributed by atoms with E-state index in [1.54, 1.807) is 13.3 Å². The number of hydrogen-bond acceptors (Lipinski definition) is 9. The molecule has 2 rings (SSSR count). The molecule has 0 amide bonds. The first-order chi connectivity index (χ1) is 16.3. The summed E-state index contributed by atoms with van der Waals surface area (Å²) in [5, 5.41) is 0. The third-order valence-corrected chi connectivity index (χ3v) is 5.91. The first-order valence-electron chi connectivity index (χ1n) is 12.1. The molecule has 34 heavy (non-hydrogen) atoms. The second kappa shape index (κ2) is 15.0. The molecule has 0 aliphatic carbocycles. The zero-order chi connectivity index (χ0) is 24.9. The molecule has 0 spiro atoms. The minimum atomic E-state index is -0.426. The van der Waals surface area contributed by atoms with Gasteiger partial charge in [-0.3, -0.25) is 0 Å². The number of ether oxygens (including phenoxy) is 6. The molecule has 0 bridgehead atoms. The summed E-state index contributed by atoms with van der Waals surface area (Å²) in [4.78, 5) is 4.44.